The molecule has 4 heteroatoms. The Morgan fingerprint density at radius 2 is 2.25 bits per heavy atom. The summed E-state index contributed by atoms with van der Waals surface area (Å²) < 4.78 is 1.51. The van der Waals surface area contributed by atoms with E-state index in [9.17, 15) is 0 Å². The molecule has 4 nitrogen and oxygen atoms in total. The van der Waals surface area contributed by atoms with Crippen LogP contribution in [-0.4, -0.2) is 19.9 Å². The number of nitrogens with zero attached hydrogens (tertiary/aromatic N) is 3. The van der Waals surface area contributed by atoms with Crippen LogP contribution in [0.5, 0.6) is 6.01 Å². The van der Waals surface area contributed by atoms with Crippen molar-refractivity contribution in [3.05, 3.63) is 5.82 Å². The molecule has 0 amide bonds. The Morgan fingerprint density at radius 3 is 2.38 bits per heavy atom. The van der Waals surface area contributed by atoms with Crippen LogP contribution in [-0.2, 0) is 7.05 Å². The maximum Gasteiger partial charge on any atom is 0.333 e. The van der Waals surface area contributed by atoms with Gasteiger partial charge in [0.05, 0.1) is 0 Å². The van der Waals surface area contributed by atoms with E-state index < -0.39 is 0 Å². The minimum atomic E-state index is -0.162. The summed E-state index contributed by atoms with van der Waals surface area (Å²) in [7, 11) is 1.72. The van der Waals surface area contributed by atoms with Crippen LogP contribution in [0.25, 0.3) is 0 Å². The summed E-state index contributed by atoms with van der Waals surface area (Å²) in [5, 5.41) is 12.2. The van der Waals surface area contributed by atoms with Crippen molar-refractivity contribution in [3.8, 4) is 6.01 Å². The van der Waals surface area contributed by atoms with Gasteiger partial charge in [-0.15, -0.1) is 5.10 Å². The van der Waals surface area contributed by atoms with Crippen molar-refractivity contribution in [1.29, 1.82) is 0 Å². The first kappa shape index (κ1) is 5.08. The fourth-order valence-corrected chi connectivity index (χ4v) is 0.446. The SMILES string of the molecule is Cc1nc(O)nn1C. The molecule has 44 valence electrons. The van der Waals surface area contributed by atoms with Crippen molar-refractivity contribution in [3.63, 3.8) is 0 Å². The van der Waals surface area contributed by atoms with Crippen LogP contribution < -0.4 is 0 Å². The van der Waals surface area contributed by atoms with Crippen LogP contribution in [0.15, 0.2) is 0 Å². The van der Waals surface area contributed by atoms with Gasteiger partial charge in [-0.05, 0) is 6.92 Å². The highest BCUT2D eigenvalue weighted by Gasteiger charge is 1.96. The third-order valence-corrected chi connectivity index (χ3v) is 0.970. The third kappa shape index (κ3) is 0.641. The summed E-state index contributed by atoms with van der Waals surface area (Å²) in [6.07, 6.45) is 0. The highest BCUT2D eigenvalue weighted by atomic mass is 16.3. The second kappa shape index (κ2) is 1.47. The molecule has 0 saturated heterocycles. The predicted octanol–water partition coefficient (Wildman–Crippen LogP) is -0.171. The Morgan fingerprint density at radius 1 is 1.62 bits per heavy atom. The molecule has 0 aromatic carbocycles. The number of aryl methyl sites for hydroxylation is 2. The summed E-state index contributed by atoms with van der Waals surface area (Å²) in [6, 6.07) is -0.162. The standard InChI is InChI=1S/C4H7N3O/c1-3-5-4(8)6-7(3)2/h1-2H3,(H,6,8). The number of aromatic hydroxyl groups is 1. The Kier molecular flexibility index (Phi) is 0.932. The van der Waals surface area contributed by atoms with E-state index in [-0.39, 0.29) is 6.01 Å². The molecule has 1 aromatic rings. The molecule has 1 aromatic heterocycles. The van der Waals surface area contributed by atoms with Gasteiger partial charge in [0, 0.05) is 7.05 Å². The van der Waals surface area contributed by atoms with Gasteiger partial charge in [-0.1, -0.05) is 0 Å². The van der Waals surface area contributed by atoms with Gasteiger partial charge >= 0.3 is 6.01 Å². The highest BCUT2D eigenvalue weighted by Crippen LogP contribution is 1.97. The van der Waals surface area contributed by atoms with Crippen LogP contribution in [0.4, 0.5) is 0 Å². The monoisotopic (exact) mass is 113 g/mol. The summed E-state index contributed by atoms with van der Waals surface area (Å²) in [4.78, 5) is 3.62. The van der Waals surface area contributed by atoms with Gasteiger partial charge in [-0.25, -0.2) is 4.68 Å². The summed E-state index contributed by atoms with van der Waals surface area (Å²) in [5.41, 5.74) is 0. The molecular weight excluding hydrogens is 106 g/mol. The van der Waals surface area contributed by atoms with Crippen LogP contribution in [0.2, 0.25) is 0 Å². The molecule has 0 atom stereocenters. The number of hydrogen-bond donors (Lipinski definition) is 1. The summed E-state index contributed by atoms with van der Waals surface area (Å²) in [6.45, 7) is 1.77. The first-order valence-electron chi connectivity index (χ1n) is 2.27. The van der Waals surface area contributed by atoms with Crippen molar-refractivity contribution in [2.24, 2.45) is 7.05 Å². The second-order valence-electron chi connectivity index (χ2n) is 1.58. The van der Waals surface area contributed by atoms with Gasteiger partial charge in [0.25, 0.3) is 0 Å². The van der Waals surface area contributed by atoms with E-state index in [0.29, 0.717) is 5.82 Å². The van der Waals surface area contributed by atoms with Gasteiger partial charge in [0.15, 0.2) is 0 Å². The fraction of sp³-hybridized carbons (Fsp3) is 0.500. The van der Waals surface area contributed by atoms with Gasteiger partial charge in [-0.2, -0.15) is 4.98 Å². The molecule has 0 fully saturated rings. The van der Waals surface area contributed by atoms with E-state index in [2.05, 4.69) is 10.1 Å². The molecule has 0 radical (unpaired) electrons. The maximum atomic E-state index is 8.59. The predicted molar refractivity (Wildman–Crippen MR) is 27.4 cm³/mol. The van der Waals surface area contributed by atoms with E-state index in [0.717, 1.165) is 0 Å². The maximum absolute atomic E-state index is 8.59. The van der Waals surface area contributed by atoms with Crippen LogP contribution in [0, 0.1) is 6.92 Å². The molecule has 0 spiro atoms. The minimum Gasteiger partial charge on any atom is -0.478 e. The van der Waals surface area contributed by atoms with Crippen molar-refractivity contribution in [2.75, 3.05) is 0 Å². The molecule has 0 aliphatic rings. The molecule has 1 heterocycles. The summed E-state index contributed by atoms with van der Waals surface area (Å²) in [5.74, 6) is 0.711. The molecule has 0 aliphatic carbocycles. The van der Waals surface area contributed by atoms with Crippen LogP contribution in [0.3, 0.4) is 0 Å². The van der Waals surface area contributed by atoms with E-state index in [1.54, 1.807) is 14.0 Å². The Hall–Kier alpha value is -1.06. The van der Waals surface area contributed by atoms with Crippen molar-refractivity contribution in [2.45, 2.75) is 6.92 Å². The van der Waals surface area contributed by atoms with E-state index in [1.165, 1.54) is 4.68 Å². The Labute approximate surface area is 46.8 Å². The lowest BCUT2D eigenvalue weighted by Crippen LogP contribution is -1.91. The zero-order chi connectivity index (χ0) is 6.15. The zero-order valence-corrected chi connectivity index (χ0v) is 4.79. The highest BCUT2D eigenvalue weighted by molar-refractivity contribution is 4.91. The average molecular weight is 113 g/mol. The molecule has 0 saturated carbocycles. The van der Waals surface area contributed by atoms with Gasteiger partial charge < -0.3 is 5.11 Å². The fourth-order valence-electron chi connectivity index (χ4n) is 0.446. The van der Waals surface area contributed by atoms with Crippen LogP contribution in [0.1, 0.15) is 5.82 Å². The largest absolute Gasteiger partial charge is 0.478 e. The lowest BCUT2D eigenvalue weighted by Gasteiger charge is -1.84. The Bertz CT molecular complexity index is 174. The number of rotatable bonds is 0. The van der Waals surface area contributed by atoms with Crippen molar-refractivity contribution >= 4 is 0 Å². The molecule has 0 unspecified atom stereocenters. The molecule has 1 N–H and O–H groups in total. The van der Waals surface area contributed by atoms with Crippen molar-refractivity contribution < 1.29 is 5.11 Å². The molecule has 0 bridgehead atoms. The minimum absolute atomic E-state index is 0.162. The number of hydrogen-bond acceptors (Lipinski definition) is 3. The third-order valence-electron chi connectivity index (χ3n) is 0.970. The second-order valence-corrected chi connectivity index (χ2v) is 1.58. The van der Waals surface area contributed by atoms with Gasteiger partial charge in [0.2, 0.25) is 0 Å². The topological polar surface area (TPSA) is 50.9 Å². The molecular formula is C4H7N3O. The zero-order valence-electron chi connectivity index (χ0n) is 4.79. The Balaban J connectivity index is 3.14. The van der Waals surface area contributed by atoms with Crippen LogP contribution >= 0.6 is 0 Å². The first-order valence-corrected chi connectivity index (χ1v) is 2.27. The summed E-state index contributed by atoms with van der Waals surface area (Å²) >= 11 is 0. The molecule has 8 heavy (non-hydrogen) atoms. The first-order chi connectivity index (χ1) is 3.70. The van der Waals surface area contributed by atoms with Gasteiger partial charge in [-0.3, -0.25) is 0 Å². The smallest absolute Gasteiger partial charge is 0.333 e. The van der Waals surface area contributed by atoms with E-state index in [4.69, 9.17) is 5.11 Å². The van der Waals surface area contributed by atoms with Crippen molar-refractivity contribution in [1.82, 2.24) is 14.8 Å². The lowest BCUT2D eigenvalue weighted by molar-refractivity contribution is 0.427. The van der Waals surface area contributed by atoms with E-state index in [1.807, 2.05) is 0 Å². The van der Waals surface area contributed by atoms with Gasteiger partial charge in [0.1, 0.15) is 5.82 Å². The lowest BCUT2D eigenvalue weighted by atomic mass is 10.7. The quantitative estimate of drug-likeness (QED) is 0.508. The van der Waals surface area contributed by atoms with E-state index >= 15 is 0 Å². The molecule has 0 aliphatic heterocycles. The number of aromatic nitrogens is 3. The average Bonchev–Trinajstić information content (AvgIpc) is 1.85. The molecule has 1 rings (SSSR count). The normalized spacial score (nSPS) is 9.75.